The summed E-state index contributed by atoms with van der Waals surface area (Å²) in [5.41, 5.74) is 0. The molecule has 0 aromatic carbocycles. The van der Waals surface area contributed by atoms with Crippen LogP contribution in [0.15, 0.2) is 0 Å². The predicted octanol–water partition coefficient (Wildman–Crippen LogP) is 6.76. The molecule has 1 aliphatic heterocycles. The smallest absolute Gasteiger partial charge is 0.157 e. The molecule has 156 valence electrons. The maximum Gasteiger partial charge on any atom is 0.157 e. The average Bonchev–Trinajstić information content (AvgIpc) is 2.64. The number of hydrogen-bond donors (Lipinski definition) is 1. The van der Waals surface area contributed by atoms with E-state index in [9.17, 15) is 5.11 Å². The van der Waals surface area contributed by atoms with E-state index in [1.807, 2.05) is 0 Å². The largest absolute Gasteiger partial charge is 0.393 e. The lowest BCUT2D eigenvalue weighted by Gasteiger charge is -2.26. The Hall–Kier alpha value is -0.120. The molecule has 1 heterocycles. The zero-order valence-corrected chi connectivity index (χ0v) is 17.7. The lowest BCUT2D eigenvalue weighted by atomic mass is 10.0. The van der Waals surface area contributed by atoms with Crippen molar-refractivity contribution in [3.63, 3.8) is 0 Å². The van der Waals surface area contributed by atoms with E-state index in [0.717, 1.165) is 38.7 Å². The molecule has 3 nitrogen and oxygen atoms in total. The molecule has 0 aliphatic carbocycles. The van der Waals surface area contributed by atoms with Crippen LogP contribution in [0.25, 0.3) is 0 Å². The molecular weight excluding hydrogens is 324 g/mol. The van der Waals surface area contributed by atoms with Crippen molar-refractivity contribution in [2.45, 2.75) is 141 Å². The molecular formula is C23H46O3. The zero-order valence-electron chi connectivity index (χ0n) is 17.7. The molecule has 1 N–H and O–H groups in total. The van der Waals surface area contributed by atoms with Crippen LogP contribution in [0, 0.1) is 0 Å². The van der Waals surface area contributed by atoms with Crippen LogP contribution in [0.3, 0.4) is 0 Å². The fraction of sp³-hybridized carbons (Fsp3) is 1.00. The average molecular weight is 371 g/mol. The lowest BCUT2D eigenvalue weighted by Crippen LogP contribution is -2.26. The molecule has 3 heteroatoms. The van der Waals surface area contributed by atoms with E-state index in [4.69, 9.17) is 9.47 Å². The number of ether oxygens (including phenoxy) is 2. The van der Waals surface area contributed by atoms with Crippen molar-refractivity contribution < 1.29 is 14.6 Å². The summed E-state index contributed by atoms with van der Waals surface area (Å²) in [5.74, 6) is 0. The summed E-state index contributed by atoms with van der Waals surface area (Å²) in [7, 11) is 0. The molecule has 1 aliphatic rings. The number of rotatable bonds is 17. The van der Waals surface area contributed by atoms with E-state index in [0.29, 0.717) is 6.10 Å². The Morgan fingerprint density at radius 1 is 0.846 bits per heavy atom. The first-order valence-electron chi connectivity index (χ1n) is 11.7. The van der Waals surface area contributed by atoms with Gasteiger partial charge in [0.2, 0.25) is 0 Å². The van der Waals surface area contributed by atoms with Gasteiger partial charge >= 0.3 is 0 Å². The SMILES string of the molecule is CCCCCCCCCCC(O)CCCCCC(C)OC1CCCCO1. The minimum absolute atomic E-state index is 0.0345. The number of hydrogen-bond acceptors (Lipinski definition) is 3. The highest BCUT2D eigenvalue weighted by Gasteiger charge is 2.16. The number of aliphatic hydroxyl groups excluding tert-OH is 1. The third-order valence-electron chi connectivity index (χ3n) is 5.56. The van der Waals surface area contributed by atoms with Crippen LogP contribution >= 0.6 is 0 Å². The minimum Gasteiger partial charge on any atom is -0.393 e. The topological polar surface area (TPSA) is 38.7 Å². The van der Waals surface area contributed by atoms with Crippen molar-refractivity contribution in [1.29, 1.82) is 0 Å². The van der Waals surface area contributed by atoms with Gasteiger partial charge in [-0.25, -0.2) is 0 Å². The van der Waals surface area contributed by atoms with Gasteiger partial charge in [0.15, 0.2) is 6.29 Å². The van der Waals surface area contributed by atoms with Gasteiger partial charge in [0, 0.05) is 6.61 Å². The molecule has 1 saturated heterocycles. The summed E-state index contributed by atoms with van der Waals surface area (Å²) >= 11 is 0. The first-order valence-corrected chi connectivity index (χ1v) is 11.7. The summed E-state index contributed by atoms with van der Waals surface area (Å²) in [4.78, 5) is 0. The van der Waals surface area contributed by atoms with E-state index < -0.39 is 0 Å². The van der Waals surface area contributed by atoms with E-state index >= 15 is 0 Å². The molecule has 0 amide bonds. The summed E-state index contributed by atoms with van der Waals surface area (Å²) < 4.78 is 11.6. The van der Waals surface area contributed by atoms with Gasteiger partial charge in [0.25, 0.3) is 0 Å². The van der Waals surface area contributed by atoms with Crippen molar-refractivity contribution in [3.8, 4) is 0 Å². The lowest BCUT2D eigenvalue weighted by molar-refractivity contribution is -0.185. The molecule has 0 spiro atoms. The quantitative estimate of drug-likeness (QED) is 0.287. The van der Waals surface area contributed by atoms with E-state index in [1.165, 1.54) is 77.0 Å². The van der Waals surface area contributed by atoms with Gasteiger partial charge in [-0.1, -0.05) is 77.6 Å². The molecule has 26 heavy (non-hydrogen) atoms. The van der Waals surface area contributed by atoms with Crippen molar-refractivity contribution in [1.82, 2.24) is 0 Å². The molecule has 0 saturated carbocycles. The van der Waals surface area contributed by atoms with E-state index in [2.05, 4.69) is 13.8 Å². The highest BCUT2D eigenvalue weighted by Crippen LogP contribution is 2.18. The van der Waals surface area contributed by atoms with Crippen LogP contribution in [0.2, 0.25) is 0 Å². The van der Waals surface area contributed by atoms with Gasteiger partial charge in [0.1, 0.15) is 0 Å². The minimum atomic E-state index is -0.0839. The first-order chi connectivity index (χ1) is 12.7. The maximum absolute atomic E-state index is 10.1. The Morgan fingerprint density at radius 3 is 2.04 bits per heavy atom. The van der Waals surface area contributed by atoms with Crippen molar-refractivity contribution >= 4 is 0 Å². The van der Waals surface area contributed by atoms with Crippen LogP contribution in [-0.2, 0) is 9.47 Å². The van der Waals surface area contributed by atoms with Crippen LogP contribution in [-0.4, -0.2) is 30.2 Å². The van der Waals surface area contributed by atoms with Gasteiger partial charge in [-0.3, -0.25) is 0 Å². The van der Waals surface area contributed by atoms with Crippen molar-refractivity contribution in [2.24, 2.45) is 0 Å². The molecule has 0 radical (unpaired) electrons. The zero-order chi connectivity index (χ0) is 18.9. The molecule has 3 atom stereocenters. The van der Waals surface area contributed by atoms with Crippen molar-refractivity contribution in [2.75, 3.05) is 6.61 Å². The predicted molar refractivity (Wildman–Crippen MR) is 110 cm³/mol. The van der Waals surface area contributed by atoms with Gasteiger partial charge < -0.3 is 14.6 Å². The molecule has 1 rings (SSSR count). The third kappa shape index (κ3) is 14.0. The van der Waals surface area contributed by atoms with Gasteiger partial charge in [-0.05, 0) is 45.4 Å². The molecule has 1 fully saturated rings. The Bertz CT molecular complexity index is 289. The molecule has 3 unspecified atom stereocenters. The van der Waals surface area contributed by atoms with Crippen LogP contribution in [0.1, 0.15) is 123 Å². The fourth-order valence-corrected chi connectivity index (χ4v) is 3.79. The Balaban J connectivity index is 1.83. The number of aliphatic hydroxyl groups is 1. The summed E-state index contributed by atoms with van der Waals surface area (Å²) in [6.45, 7) is 5.28. The van der Waals surface area contributed by atoms with Gasteiger partial charge in [-0.15, -0.1) is 0 Å². The second-order valence-corrected chi connectivity index (χ2v) is 8.30. The summed E-state index contributed by atoms with van der Waals surface area (Å²) in [6, 6.07) is 0. The Kier molecular flexibility index (Phi) is 15.6. The molecule has 0 aromatic heterocycles. The maximum atomic E-state index is 10.1. The summed E-state index contributed by atoms with van der Waals surface area (Å²) in [5, 5.41) is 10.1. The Morgan fingerprint density at radius 2 is 1.42 bits per heavy atom. The number of unbranched alkanes of at least 4 members (excludes halogenated alkanes) is 9. The highest BCUT2D eigenvalue weighted by atomic mass is 16.7. The van der Waals surface area contributed by atoms with Crippen molar-refractivity contribution in [3.05, 3.63) is 0 Å². The van der Waals surface area contributed by atoms with E-state index in [1.54, 1.807) is 0 Å². The van der Waals surface area contributed by atoms with E-state index in [-0.39, 0.29) is 12.4 Å². The van der Waals surface area contributed by atoms with Crippen LogP contribution < -0.4 is 0 Å². The van der Waals surface area contributed by atoms with Crippen LogP contribution in [0.5, 0.6) is 0 Å². The standard InChI is InChI=1S/C23H46O3/c1-3-4-5-6-7-8-9-12-17-22(24)18-13-10-11-16-21(2)26-23-19-14-15-20-25-23/h21-24H,3-20H2,1-2H3. The highest BCUT2D eigenvalue weighted by molar-refractivity contribution is 4.60. The van der Waals surface area contributed by atoms with Gasteiger partial charge in [-0.2, -0.15) is 0 Å². The fourth-order valence-electron chi connectivity index (χ4n) is 3.79. The molecule has 0 aromatic rings. The van der Waals surface area contributed by atoms with Crippen LogP contribution in [0.4, 0.5) is 0 Å². The Labute approximate surface area is 163 Å². The second-order valence-electron chi connectivity index (χ2n) is 8.30. The second kappa shape index (κ2) is 17.0. The third-order valence-corrected chi connectivity index (χ3v) is 5.56. The van der Waals surface area contributed by atoms with Gasteiger partial charge in [0.05, 0.1) is 12.2 Å². The first kappa shape index (κ1) is 23.9. The summed E-state index contributed by atoms with van der Waals surface area (Å²) in [6.07, 6.45) is 21.0. The normalized spacial score (nSPS) is 20.2. The monoisotopic (exact) mass is 370 g/mol. The molecule has 0 bridgehead atoms.